The quantitative estimate of drug-likeness (QED) is 0.508. The maximum Gasteiger partial charge on any atom is 0.0328 e. The maximum absolute atomic E-state index is 5.32. The van der Waals surface area contributed by atoms with Gasteiger partial charge in [0, 0.05) is 5.70 Å². The Labute approximate surface area is 49.2 Å². The summed E-state index contributed by atoms with van der Waals surface area (Å²) in [6.45, 7) is 3.45. The van der Waals surface area contributed by atoms with Crippen LogP contribution in [0.25, 0.3) is 0 Å². The number of hydrogen-bond acceptors (Lipinski definition) is 2. The summed E-state index contributed by atoms with van der Waals surface area (Å²) in [4.78, 5) is 0. The Morgan fingerprint density at radius 3 is 2.50 bits per heavy atom. The molecule has 0 fully saturated rings. The van der Waals surface area contributed by atoms with E-state index < -0.39 is 0 Å². The van der Waals surface area contributed by atoms with Gasteiger partial charge in [-0.2, -0.15) is 0 Å². The average molecular weight is 110 g/mol. The van der Waals surface area contributed by atoms with Crippen LogP contribution in [0.1, 0.15) is 0 Å². The molecule has 0 aromatic heterocycles. The topological polar surface area (TPSA) is 52.0 Å². The fourth-order valence-corrected chi connectivity index (χ4v) is 0.303. The molecule has 2 nitrogen and oxygen atoms in total. The minimum Gasteiger partial charge on any atom is -0.405 e. The Bertz CT molecular complexity index is 122. The van der Waals surface area contributed by atoms with E-state index in [0.717, 1.165) is 0 Å². The van der Waals surface area contributed by atoms with E-state index in [1.165, 1.54) is 6.20 Å². The van der Waals surface area contributed by atoms with Crippen molar-refractivity contribution in [3.8, 4) is 0 Å². The van der Waals surface area contributed by atoms with Gasteiger partial charge in [0.05, 0.1) is 0 Å². The van der Waals surface area contributed by atoms with Gasteiger partial charge in [0.25, 0.3) is 0 Å². The van der Waals surface area contributed by atoms with E-state index in [1.54, 1.807) is 18.2 Å². The Morgan fingerprint density at radius 2 is 2.12 bits per heavy atom. The van der Waals surface area contributed by atoms with Crippen LogP contribution in [0.2, 0.25) is 0 Å². The van der Waals surface area contributed by atoms with Gasteiger partial charge in [-0.05, 0) is 18.4 Å². The van der Waals surface area contributed by atoms with Gasteiger partial charge in [0.2, 0.25) is 0 Å². The molecule has 44 valence electrons. The Morgan fingerprint density at radius 1 is 1.50 bits per heavy atom. The first-order valence-electron chi connectivity index (χ1n) is 2.27. The molecule has 0 atom stereocenters. The maximum atomic E-state index is 5.32. The zero-order valence-corrected chi connectivity index (χ0v) is 4.67. The summed E-state index contributed by atoms with van der Waals surface area (Å²) < 4.78 is 0. The highest BCUT2D eigenvalue weighted by Crippen LogP contribution is 1.82. The molecule has 0 bridgehead atoms. The van der Waals surface area contributed by atoms with Crippen molar-refractivity contribution in [2.45, 2.75) is 0 Å². The smallest absolute Gasteiger partial charge is 0.0328 e. The predicted octanol–water partition coefficient (Wildman–Crippen LogP) is 0.487. The van der Waals surface area contributed by atoms with Gasteiger partial charge in [-0.15, -0.1) is 0 Å². The molecular weight excluding hydrogens is 100 g/mol. The first-order chi connectivity index (χ1) is 3.81. The van der Waals surface area contributed by atoms with Gasteiger partial charge in [-0.3, -0.25) is 0 Å². The summed E-state index contributed by atoms with van der Waals surface area (Å²) in [5.74, 6) is 0. The number of nitrogens with two attached hydrogens (primary N) is 2. The molecule has 0 rings (SSSR count). The average Bonchev–Trinajstić information content (AvgIpc) is 1.68. The third kappa shape index (κ3) is 3.03. The van der Waals surface area contributed by atoms with Crippen LogP contribution in [0.5, 0.6) is 0 Å². The van der Waals surface area contributed by atoms with E-state index >= 15 is 0 Å². The van der Waals surface area contributed by atoms with Crippen LogP contribution in [0.4, 0.5) is 0 Å². The largest absolute Gasteiger partial charge is 0.405 e. The zero-order valence-electron chi connectivity index (χ0n) is 4.67. The van der Waals surface area contributed by atoms with Crippen LogP contribution in [0.15, 0.2) is 36.7 Å². The molecule has 0 aliphatic carbocycles. The molecule has 2 heteroatoms. The third-order valence-corrected chi connectivity index (χ3v) is 0.599. The monoisotopic (exact) mass is 110 g/mol. The van der Waals surface area contributed by atoms with Crippen LogP contribution in [-0.4, -0.2) is 0 Å². The lowest BCUT2D eigenvalue weighted by molar-refractivity contribution is 1.40. The molecule has 0 heterocycles. The molecular formula is C6H10N2. The SMILES string of the molecule is C=C/C=C(N)\C=C/N. The minimum absolute atomic E-state index is 0.613. The summed E-state index contributed by atoms with van der Waals surface area (Å²) in [6.07, 6.45) is 6.26. The van der Waals surface area contributed by atoms with Gasteiger partial charge in [0.15, 0.2) is 0 Å². The van der Waals surface area contributed by atoms with Crippen LogP contribution in [0.3, 0.4) is 0 Å². The highest BCUT2D eigenvalue weighted by molar-refractivity contribution is 5.18. The molecule has 0 aliphatic heterocycles. The Hall–Kier alpha value is -1.18. The third-order valence-electron chi connectivity index (χ3n) is 0.599. The van der Waals surface area contributed by atoms with Crippen LogP contribution in [-0.2, 0) is 0 Å². The van der Waals surface area contributed by atoms with Crippen molar-refractivity contribution in [3.05, 3.63) is 36.7 Å². The van der Waals surface area contributed by atoms with E-state index in [1.807, 2.05) is 0 Å². The van der Waals surface area contributed by atoms with Crippen molar-refractivity contribution in [1.29, 1.82) is 0 Å². The van der Waals surface area contributed by atoms with Gasteiger partial charge in [-0.1, -0.05) is 12.7 Å². The van der Waals surface area contributed by atoms with Gasteiger partial charge in [0.1, 0.15) is 0 Å². The Balaban J connectivity index is 3.79. The van der Waals surface area contributed by atoms with Crippen LogP contribution < -0.4 is 11.5 Å². The lowest BCUT2D eigenvalue weighted by atomic mass is 10.4. The molecule has 0 saturated carbocycles. The van der Waals surface area contributed by atoms with E-state index in [-0.39, 0.29) is 0 Å². The Kier molecular flexibility index (Phi) is 3.40. The summed E-state index contributed by atoms with van der Waals surface area (Å²) >= 11 is 0. The first kappa shape index (κ1) is 6.82. The van der Waals surface area contributed by atoms with Crippen molar-refractivity contribution in [1.82, 2.24) is 0 Å². The molecule has 4 N–H and O–H groups in total. The highest BCUT2D eigenvalue weighted by Gasteiger charge is 1.72. The van der Waals surface area contributed by atoms with Gasteiger partial charge in [-0.25, -0.2) is 0 Å². The number of rotatable bonds is 2. The molecule has 0 unspecified atom stereocenters. The van der Waals surface area contributed by atoms with E-state index in [4.69, 9.17) is 11.5 Å². The van der Waals surface area contributed by atoms with E-state index in [0.29, 0.717) is 5.70 Å². The second kappa shape index (κ2) is 3.99. The van der Waals surface area contributed by atoms with Crippen molar-refractivity contribution in [2.24, 2.45) is 11.5 Å². The molecule has 0 aliphatic rings. The molecule has 0 amide bonds. The van der Waals surface area contributed by atoms with Crippen LogP contribution in [0, 0.1) is 0 Å². The molecule has 0 radical (unpaired) electrons. The normalized spacial score (nSPS) is 12.2. The van der Waals surface area contributed by atoms with Crippen molar-refractivity contribution in [2.75, 3.05) is 0 Å². The molecule has 8 heavy (non-hydrogen) atoms. The fraction of sp³-hybridized carbons (Fsp3) is 0. The zero-order chi connectivity index (χ0) is 6.41. The summed E-state index contributed by atoms with van der Waals surface area (Å²) in [6, 6.07) is 0. The fourth-order valence-electron chi connectivity index (χ4n) is 0.303. The molecule has 0 aromatic rings. The minimum atomic E-state index is 0.613. The second-order valence-corrected chi connectivity index (χ2v) is 1.26. The lowest BCUT2D eigenvalue weighted by Crippen LogP contribution is -1.92. The van der Waals surface area contributed by atoms with E-state index in [2.05, 4.69) is 6.58 Å². The summed E-state index contributed by atoms with van der Waals surface area (Å²) in [5.41, 5.74) is 11.0. The van der Waals surface area contributed by atoms with Crippen molar-refractivity contribution < 1.29 is 0 Å². The van der Waals surface area contributed by atoms with Crippen molar-refractivity contribution >= 4 is 0 Å². The first-order valence-corrected chi connectivity index (χ1v) is 2.27. The van der Waals surface area contributed by atoms with Gasteiger partial charge < -0.3 is 11.5 Å². The predicted molar refractivity (Wildman–Crippen MR) is 35.8 cm³/mol. The second-order valence-electron chi connectivity index (χ2n) is 1.26. The lowest BCUT2D eigenvalue weighted by Gasteiger charge is -1.84. The van der Waals surface area contributed by atoms with Gasteiger partial charge >= 0.3 is 0 Å². The standard InChI is InChI=1S/C6H10N2/c1-2-3-6(8)4-5-7/h2-5H,1,7-8H2/b5-4-,6-3+. The number of allylic oxidation sites excluding steroid dienone is 3. The number of hydrogen-bond donors (Lipinski definition) is 2. The summed E-state index contributed by atoms with van der Waals surface area (Å²) in [7, 11) is 0. The van der Waals surface area contributed by atoms with Crippen LogP contribution >= 0.6 is 0 Å². The van der Waals surface area contributed by atoms with Crippen molar-refractivity contribution in [3.63, 3.8) is 0 Å². The molecule has 0 spiro atoms. The molecule has 0 saturated heterocycles. The summed E-state index contributed by atoms with van der Waals surface area (Å²) in [5, 5.41) is 0. The highest BCUT2D eigenvalue weighted by atomic mass is 14.6. The van der Waals surface area contributed by atoms with E-state index in [9.17, 15) is 0 Å². The molecule has 0 aromatic carbocycles.